The fraction of sp³-hybridized carbons (Fsp3) is 0.556. The van der Waals surface area contributed by atoms with Gasteiger partial charge in [0, 0.05) is 12.2 Å². The quantitative estimate of drug-likeness (QED) is 0.616. The molecule has 1 atom stereocenters. The molecule has 0 saturated carbocycles. The largest absolute Gasteiger partial charge is 0.391 e. The average Bonchev–Trinajstić information content (AvgIpc) is 2.30. The Morgan fingerprint density at radius 3 is 2.00 bits per heavy atom. The molecule has 1 aliphatic rings. The third-order valence-corrected chi connectivity index (χ3v) is 2.41. The maximum atomic E-state index is 11.2. The van der Waals surface area contributed by atoms with Crippen LogP contribution in [0.25, 0.3) is 0 Å². The Morgan fingerprint density at radius 2 is 1.69 bits per heavy atom. The fourth-order valence-electron chi connectivity index (χ4n) is 1.16. The van der Waals surface area contributed by atoms with Crippen molar-refractivity contribution in [1.82, 2.24) is 4.90 Å². The number of aliphatic hydroxyl groups excluding tert-OH is 1. The van der Waals surface area contributed by atoms with Gasteiger partial charge in [0.25, 0.3) is 11.8 Å². The number of amides is 2. The van der Waals surface area contributed by atoms with Gasteiger partial charge in [0.05, 0.1) is 11.6 Å². The minimum Gasteiger partial charge on any atom is -0.391 e. The van der Waals surface area contributed by atoms with E-state index >= 15 is 0 Å². The normalized spacial score (nSPS) is 19.8. The number of aliphatic hydroxyl groups is 1. The van der Waals surface area contributed by atoms with E-state index in [2.05, 4.69) is 0 Å². The first-order valence-electron chi connectivity index (χ1n) is 4.11. The zero-order valence-corrected chi connectivity index (χ0v) is 7.94. The molecule has 4 nitrogen and oxygen atoms in total. The van der Waals surface area contributed by atoms with E-state index < -0.39 is 11.6 Å². The molecule has 1 unspecified atom stereocenters. The third-order valence-electron chi connectivity index (χ3n) is 2.41. The van der Waals surface area contributed by atoms with Crippen LogP contribution in [0.15, 0.2) is 12.2 Å². The zero-order chi connectivity index (χ0) is 10.2. The highest BCUT2D eigenvalue weighted by Gasteiger charge is 2.40. The lowest BCUT2D eigenvalue weighted by Crippen LogP contribution is -2.54. The summed E-state index contributed by atoms with van der Waals surface area (Å²) in [6.07, 6.45) is 1.68. The fourth-order valence-corrected chi connectivity index (χ4v) is 1.16. The summed E-state index contributed by atoms with van der Waals surface area (Å²) in [6, 6.07) is 0. The Hall–Kier alpha value is -1.16. The molecule has 13 heavy (non-hydrogen) atoms. The second-order valence-corrected chi connectivity index (χ2v) is 3.67. The number of hydrogen-bond donors (Lipinski definition) is 1. The second kappa shape index (κ2) is 2.96. The van der Waals surface area contributed by atoms with E-state index in [1.807, 2.05) is 0 Å². The first kappa shape index (κ1) is 9.92. The van der Waals surface area contributed by atoms with Crippen LogP contribution in [0.5, 0.6) is 0 Å². The molecule has 0 saturated heterocycles. The number of imide groups is 1. The molecule has 0 radical (unpaired) electrons. The average molecular weight is 183 g/mol. The summed E-state index contributed by atoms with van der Waals surface area (Å²) in [5.74, 6) is -0.730. The highest BCUT2D eigenvalue weighted by molar-refractivity contribution is 6.13. The molecular weight excluding hydrogens is 170 g/mol. The second-order valence-electron chi connectivity index (χ2n) is 3.67. The maximum absolute atomic E-state index is 11.2. The van der Waals surface area contributed by atoms with Crippen LogP contribution in [0, 0.1) is 0 Å². The Kier molecular flexibility index (Phi) is 2.26. The smallest absolute Gasteiger partial charge is 0.254 e. The number of nitrogens with zero attached hydrogens (tertiary/aromatic N) is 1. The molecule has 72 valence electrons. The predicted molar refractivity (Wildman–Crippen MR) is 46.8 cm³/mol. The molecule has 2 amide bonds. The van der Waals surface area contributed by atoms with E-state index in [0.717, 1.165) is 4.90 Å². The highest BCUT2D eigenvalue weighted by Crippen LogP contribution is 2.22. The van der Waals surface area contributed by atoms with E-state index in [4.69, 9.17) is 0 Å². The van der Waals surface area contributed by atoms with Gasteiger partial charge in [-0.05, 0) is 20.8 Å². The van der Waals surface area contributed by atoms with Crippen LogP contribution in [-0.2, 0) is 9.59 Å². The van der Waals surface area contributed by atoms with Crippen LogP contribution >= 0.6 is 0 Å². The molecule has 0 aromatic carbocycles. The Morgan fingerprint density at radius 1 is 1.31 bits per heavy atom. The van der Waals surface area contributed by atoms with Crippen molar-refractivity contribution in [3.63, 3.8) is 0 Å². The van der Waals surface area contributed by atoms with Gasteiger partial charge in [-0.1, -0.05) is 0 Å². The van der Waals surface area contributed by atoms with Gasteiger partial charge in [-0.3, -0.25) is 14.5 Å². The molecule has 0 aliphatic carbocycles. The first-order chi connectivity index (χ1) is 5.87. The number of carbonyl (C=O) groups excluding carboxylic acids is 2. The molecule has 1 heterocycles. The van der Waals surface area contributed by atoms with Crippen molar-refractivity contribution in [3.8, 4) is 0 Å². The van der Waals surface area contributed by atoms with Crippen molar-refractivity contribution >= 4 is 11.8 Å². The summed E-state index contributed by atoms with van der Waals surface area (Å²) in [7, 11) is 0. The summed E-state index contributed by atoms with van der Waals surface area (Å²) >= 11 is 0. The van der Waals surface area contributed by atoms with Gasteiger partial charge in [-0.25, -0.2) is 0 Å². The lowest BCUT2D eigenvalue weighted by atomic mass is 9.96. The Labute approximate surface area is 76.8 Å². The van der Waals surface area contributed by atoms with Crippen molar-refractivity contribution in [3.05, 3.63) is 12.2 Å². The van der Waals surface area contributed by atoms with Crippen molar-refractivity contribution in [2.75, 3.05) is 0 Å². The third kappa shape index (κ3) is 1.49. The molecule has 4 heteroatoms. The number of hydrogen-bond acceptors (Lipinski definition) is 3. The molecular formula is C9H13NO3. The highest BCUT2D eigenvalue weighted by atomic mass is 16.3. The standard InChI is InChI=1S/C9H13NO3/c1-6(11)9(2,3)10-7(12)4-5-8(10)13/h4-6,11H,1-3H3. The van der Waals surface area contributed by atoms with Gasteiger partial charge in [0.1, 0.15) is 0 Å². The van der Waals surface area contributed by atoms with Crippen molar-refractivity contribution in [1.29, 1.82) is 0 Å². The Balaban J connectivity index is 2.95. The lowest BCUT2D eigenvalue weighted by Gasteiger charge is -2.36. The van der Waals surface area contributed by atoms with Crippen LogP contribution in [0.1, 0.15) is 20.8 Å². The molecule has 1 aliphatic heterocycles. The number of carbonyl (C=O) groups is 2. The summed E-state index contributed by atoms with van der Waals surface area (Å²) < 4.78 is 0. The van der Waals surface area contributed by atoms with Gasteiger partial charge >= 0.3 is 0 Å². The van der Waals surface area contributed by atoms with Gasteiger partial charge < -0.3 is 5.11 Å². The molecule has 1 rings (SSSR count). The van der Waals surface area contributed by atoms with Gasteiger partial charge in [0.2, 0.25) is 0 Å². The Bertz CT molecular complexity index is 261. The van der Waals surface area contributed by atoms with E-state index in [0.29, 0.717) is 0 Å². The molecule has 1 N–H and O–H groups in total. The first-order valence-corrected chi connectivity index (χ1v) is 4.11. The molecule has 0 aromatic heterocycles. The van der Waals surface area contributed by atoms with Crippen molar-refractivity contribution in [2.45, 2.75) is 32.4 Å². The maximum Gasteiger partial charge on any atom is 0.254 e. The van der Waals surface area contributed by atoms with E-state index in [-0.39, 0.29) is 11.8 Å². The zero-order valence-electron chi connectivity index (χ0n) is 7.94. The van der Waals surface area contributed by atoms with Crippen molar-refractivity contribution < 1.29 is 14.7 Å². The topological polar surface area (TPSA) is 57.6 Å². The van der Waals surface area contributed by atoms with Gasteiger partial charge in [0.15, 0.2) is 0 Å². The van der Waals surface area contributed by atoms with Crippen LogP contribution < -0.4 is 0 Å². The predicted octanol–water partition coefficient (Wildman–Crippen LogP) is 0.0708. The molecule has 0 spiro atoms. The molecule has 0 aromatic rings. The minimum atomic E-state index is -0.850. The van der Waals surface area contributed by atoms with Crippen LogP contribution in [0.4, 0.5) is 0 Å². The summed E-state index contributed by atoms with van der Waals surface area (Å²) in [6.45, 7) is 4.86. The van der Waals surface area contributed by atoms with Crippen LogP contribution in [0.2, 0.25) is 0 Å². The van der Waals surface area contributed by atoms with Gasteiger partial charge in [-0.15, -0.1) is 0 Å². The SMILES string of the molecule is CC(O)C(C)(C)N1C(=O)C=CC1=O. The number of rotatable bonds is 2. The van der Waals surface area contributed by atoms with E-state index in [1.54, 1.807) is 20.8 Å². The van der Waals surface area contributed by atoms with Crippen molar-refractivity contribution in [2.24, 2.45) is 0 Å². The monoisotopic (exact) mass is 183 g/mol. The van der Waals surface area contributed by atoms with E-state index in [1.165, 1.54) is 12.2 Å². The van der Waals surface area contributed by atoms with Crippen LogP contribution in [0.3, 0.4) is 0 Å². The summed E-state index contributed by atoms with van der Waals surface area (Å²) in [5.41, 5.74) is -0.850. The summed E-state index contributed by atoms with van der Waals surface area (Å²) in [4.78, 5) is 23.6. The van der Waals surface area contributed by atoms with Crippen LogP contribution in [-0.4, -0.2) is 33.5 Å². The summed E-state index contributed by atoms with van der Waals surface area (Å²) in [5, 5.41) is 9.40. The van der Waals surface area contributed by atoms with E-state index in [9.17, 15) is 14.7 Å². The minimum absolute atomic E-state index is 0.365. The van der Waals surface area contributed by atoms with Gasteiger partial charge in [-0.2, -0.15) is 0 Å². The molecule has 0 fully saturated rings. The lowest BCUT2D eigenvalue weighted by molar-refractivity contribution is -0.147. The molecule has 0 bridgehead atoms.